The Balaban J connectivity index is 1.61. The fourth-order valence-electron chi connectivity index (χ4n) is 4.50. The Hall–Kier alpha value is -3.38. The number of aryl methyl sites for hydroxylation is 1. The normalized spacial score (nSPS) is 15.6. The summed E-state index contributed by atoms with van der Waals surface area (Å²) < 4.78 is 12.7. The van der Waals surface area contributed by atoms with Crippen molar-refractivity contribution in [3.05, 3.63) is 76.2 Å². The van der Waals surface area contributed by atoms with Gasteiger partial charge in [0.2, 0.25) is 0 Å². The van der Waals surface area contributed by atoms with Gasteiger partial charge in [-0.25, -0.2) is 9.50 Å². The van der Waals surface area contributed by atoms with Gasteiger partial charge in [0, 0.05) is 23.2 Å². The van der Waals surface area contributed by atoms with Gasteiger partial charge >= 0.3 is 0 Å². The Morgan fingerprint density at radius 1 is 1.03 bits per heavy atom. The lowest BCUT2D eigenvalue weighted by Gasteiger charge is -2.24. The molecular weight excluding hydrogens is 426 g/mol. The summed E-state index contributed by atoms with van der Waals surface area (Å²) in [6.45, 7) is 1.96. The van der Waals surface area contributed by atoms with E-state index in [1.165, 1.54) is 0 Å². The molecule has 0 fully saturated rings. The topological polar surface area (TPSA) is 65.7 Å². The van der Waals surface area contributed by atoms with Crippen LogP contribution in [0.25, 0.3) is 16.8 Å². The lowest BCUT2D eigenvalue weighted by atomic mass is 9.82. The molecular formula is C25H22ClN3O3. The number of ketones is 1. The van der Waals surface area contributed by atoms with Crippen molar-refractivity contribution in [1.82, 2.24) is 14.6 Å². The highest BCUT2D eigenvalue weighted by Crippen LogP contribution is 2.38. The summed E-state index contributed by atoms with van der Waals surface area (Å²) in [7, 11) is 3.23. The second-order valence-corrected chi connectivity index (χ2v) is 8.40. The van der Waals surface area contributed by atoms with Crippen LogP contribution in [0.15, 0.2) is 48.7 Å². The van der Waals surface area contributed by atoms with Gasteiger partial charge in [0.15, 0.2) is 22.9 Å². The van der Waals surface area contributed by atoms with Crippen LogP contribution in [0.4, 0.5) is 0 Å². The molecule has 1 aliphatic rings. The lowest BCUT2D eigenvalue weighted by molar-refractivity contribution is 0.0962. The highest BCUT2D eigenvalue weighted by molar-refractivity contribution is 6.30. The molecule has 6 nitrogen and oxygen atoms in total. The highest BCUT2D eigenvalue weighted by atomic mass is 35.5. The summed E-state index contributed by atoms with van der Waals surface area (Å²) >= 11 is 6.07. The Kier molecular flexibility index (Phi) is 5.10. The molecule has 5 rings (SSSR count). The minimum atomic E-state index is 0.0175. The van der Waals surface area contributed by atoms with Crippen molar-refractivity contribution in [2.45, 2.75) is 25.7 Å². The molecule has 0 amide bonds. The molecule has 2 aromatic heterocycles. The molecule has 32 heavy (non-hydrogen) atoms. The van der Waals surface area contributed by atoms with Gasteiger partial charge in [-0.15, -0.1) is 0 Å². The number of nitrogens with zero attached hydrogens (tertiary/aromatic N) is 3. The largest absolute Gasteiger partial charge is 0.493 e. The molecule has 0 radical (unpaired) electrons. The third-order valence-electron chi connectivity index (χ3n) is 6.10. The fourth-order valence-corrected chi connectivity index (χ4v) is 4.63. The summed E-state index contributed by atoms with van der Waals surface area (Å²) in [6.07, 6.45) is 2.79. The van der Waals surface area contributed by atoms with E-state index in [2.05, 4.69) is 4.98 Å². The third-order valence-corrected chi connectivity index (χ3v) is 6.35. The zero-order chi connectivity index (χ0) is 22.4. The van der Waals surface area contributed by atoms with Crippen molar-refractivity contribution < 1.29 is 14.3 Å². The van der Waals surface area contributed by atoms with E-state index in [0.717, 1.165) is 33.7 Å². The van der Waals surface area contributed by atoms with Crippen LogP contribution in [-0.4, -0.2) is 34.6 Å². The van der Waals surface area contributed by atoms with Gasteiger partial charge in [-0.2, -0.15) is 5.10 Å². The number of hydrogen-bond acceptors (Lipinski definition) is 5. The molecule has 0 saturated carbocycles. The molecule has 0 spiro atoms. The van der Waals surface area contributed by atoms with Crippen LogP contribution in [0.2, 0.25) is 5.02 Å². The Bertz CT molecular complexity index is 1350. The molecule has 7 heteroatoms. The van der Waals surface area contributed by atoms with Gasteiger partial charge in [-0.05, 0) is 54.7 Å². The zero-order valence-electron chi connectivity index (χ0n) is 18.1. The number of fused-ring (bicyclic) bond motifs is 3. The smallest absolute Gasteiger partial charge is 0.166 e. The first-order valence-corrected chi connectivity index (χ1v) is 10.8. The Morgan fingerprint density at radius 2 is 1.78 bits per heavy atom. The number of halogens is 1. The lowest BCUT2D eigenvalue weighted by Crippen LogP contribution is -2.22. The van der Waals surface area contributed by atoms with Crippen LogP contribution in [0.5, 0.6) is 11.5 Å². The average molecular weight is 448 g/mol. The first kappa shape index (κ1) is 20.5. The van der Waals surface area contributed by atoms with Crippen LogP contribution < -0.4 is 9.47 Å². The van der Waals surface area contributed by atoms with E-state index in [9.17, 15) is 4.79 Å². The highest BCUT2D eigenvalue weighted by Gasteiger charge is 2.30. The van der Waals surface area contributed by atoms with E-state index >= 15 is 0 Å². The number of hydrogen-bond donors (Lipinski definition) is 0. The predicted octanol–water partition coefficient (Wildman–Crippen LogP) is 5.29. The zero-order valence-corrected chi connectivity index (χ0v) is 18.8. The number of ether oxygens (including phenoxy) is 2. The van der Waals surface area contributed by atoms with Crippen molar-refractivity contribution in [3.63, 3.8) is 0 Å². The molecule has 2 aromatic carbocycles. The quantitative estimate of drug-likeness (QED) is 0.425. The summed E-state index contributed by atoms with van der Waals surface area (Å²) in [5, 5.41) is 5.45. The van der Waals surface area contributed by atoms with E-state index in [1.54, 1.807) is 20.4 Å². The van der Waals surface area contributed by atoms with Crippen molar-refractivity contribution in [2.24, 2.45) is 0 Å². The predicted molar refractivity (Wildman–Crippen MR) is 123 cm³/mol. The number of aromatic nitrogens is 3. The minimum absolute atomic E-state index is 0.0175. The molecule has 2 heterocycles. The maximum absolute atomic E-state index is 13.0. The Morgan fingerprint density at radius 3 is 2.50 bits per heavy atom. The van der Waals surface area contributed by atoms with E-state index < -0.39 is 0 Å². The van der Waals surface area contributed by atoms with E-state index in [1.807, 2.05) is 53.9 Å². The molecule has 1 atom stereocenters. The number of methoxy groups -OCH3 is 2. The second kappa shape index (κ2) is 7.95. The number of Topliss-reactive ketones (excluding diaryl/α,β-unsaturated/α-hetero) is 1. The van der Waals surface area contributed by atoms with Crippen LogP contribution in [-0.2, 0) is 6.42 Å². The van der Waals surface area contributed by atoms with Gasteiger partial charge in [-0.3, -0.25) is 4.79 Å². The van der Waals surface area contributed by atoms with Crippen molar-refractivity contribution in [2.75, 3.05) is 14.2 Å². The summed E-state index contributed by atoms with van der Waals surface area (Å²) in [5.41, 5.74) is 6.10. The van der Waals surface area contributed by atoms with Crippen LogP contribution in [0, 0.1) is 6.92 Å². The van der Waals surface area contributed by atoms with Crippen LogP contribution in [0.1, 0.15) is 39.6 Å². The maximum atomic E-state index is 13.0. The summed E-state index contributed by atoms with van der Waals surface area (Å²) in [6, 6.07) is 13.5. The van der Waals surface area contributed by atoms with Crippen molar-refractivity contribution in [1.29, 1.82) is 0 Å². The fraction of sp³-hybridized carbons (Fsp3) is 0.240. The van der Waals surface area contributed by atoms with Crippen molar-refractivity contribution in [3.8, 4) is 22.6 Å². The molecule has 0 aliphatic heterocycles. The van der Waals surface area contributed by atoms with Gasteiger partial charge < -0.3 is 9.47 Å². The standard InChI is InChI=1S/C25H22ClN3O3/c1-14-24(15-4-7-18(26)8-5-15)25-27-13-19-20(29(25)28-14)10-17(11-21(19)30)16-6-9-22(31-2)23(12-16)32-3/h4-9,12-13,17H,10-11H2,1-3H3/t17-/m1/s1. The second-order valence-electron chi connectivity index (χ2n) is 7.96. The van der Waals surface area contributed by atoms with Gasteiger partial charge in [-0.1, -0.05) is 29.8 Å². The molecule has 1 aliphatic carbocycles. The van der Waals surface area contributed by atoms with E-state index in [4.69, 9.17) is 26.2 Å². The number of rotatable bonds is 4. The number of carbonyl (C=O) groups is 1. The summed E-state index contributed by atoms with van der Waals surface area (Å²) in [4.78, 5) is 17.7. The first-order chi connectivity index (χ1) is 15.5. The third kappa shape index (κ3) is 3.31. The molecule has 0 saturated heterocycles. The summed E-state index contributed by atoms with van der Waals surface area (Å²) in [5.74, 6) is 1.41. The molecule has 0 bridgehead atoms. The maximum Gasteiger partial charge on any atom is 0.166 e. The average Bonchev–Trinajstić information content (AvgIpc) is 3.15. The van der Waals surface area contributed by atoms with Gasteiger partial charge in [0.25, 0.3) is 0 Å². The van der Waals surface area contributed by atoms with Crippen molar-refractivity contribution >= 4 is 23.0 Å². The monoisotopic (exact) mass is 447 g/mol. The van der Waals surface area contributed by atoms with Gasteiger partial charge in [0.1, 0.15) is 0 Å². The Labute approximate surface area is 190 Å². The number of carbonyl (C=O) groups excluding carboxylic acids is 1. The molecule has 162 valence electrons. The SMILES string of the molecule is COc1ccc([C@H]2CC(=O)c3cnc4c(-c5ccc(Cl)cc5)c(C)nn4c3C2)cc1OC. The van der Waals surface area contributed by atoms with Crippen LogP contribution in [0.3, 0.4) is 0 Å². The van der Waals surface area contributed by atoms with E-state index in [-0.39, 0.29) is 11.7 Å². The molecule has 4 aromatic rings. The first-order valence-electron chi connectivity index (χ1n) is 10.4. The number of benzene rings is 2. The molecule has 0 N–H and O–H groups in total. The molecule has 0 unspecified atom stereocenters. The van der Waals surface area contributed by atoms with E-state index in [0.29, 0.717) is 34.9 Å². The van der Waals surface area contributed by atoms with Crippen LogP contribution >= 0.6 is 11.6 Å². The minimum Gasteiger partial charge on any atom is -0.493 e. The van der Waals surface area contributed by atoms with Gasteiger partial charge in [0.05, 0.1) is 31.2 Å².